The van der Waals surface area contributed by atoms with Crippen molar-refractivity contribution in [1.82, 2.24) is 20.0 Å². The van der Waals surface area contributed by atoms with Crippen molar-refractivity contribution < 1.29 is 4.79 Å². The molecule has 5 nitrogen and oxygen atoms in total. The van der Waals surface area contributed by atoms with Crippen LogP contribution in [0.1, 0.15) is 5.56 Å². The molecule has 0 bridgehead atoms. The maximum absolute atomic E-state index is 11.2. The monoisotopic (exact) mass is 210 g/mol. The number of hydrogen-bond acceptors (Lipinski definition) is 3. The molecule has 1 N–H and O–H groups in total. The topological polar surface area (TPSA) is 50.2 Å². The zero-order valence-electron chi connectivity index (χ0n) is 9.53. The van der Waals surface area contributed by atoms with Gasteiger partial charge in [-0.05, 0) is 18.5 Å². The Balaban J connectivity index is 2.15. The third kappa shape index (κ3) is 4.12. The zero-order chi connectivity index (χ0) is 11.3. The molecule has 0 saturated heterocycles. The average Bonchev–Trinajstić information content (AvgIpc) is 2.58. The Morgan fingerprint density at radius 2 is 2.33 bits per heavy atom. The molecule has 1 rings (SSSR count). The summed E-state index contributed by atoms with van der Waals surface area (Å²) in [6.45, 7) is 1.19. The number of aryl methyl sites for hydroxylation is 1. The van der Waals surface area contributed by atoms with E-state index < -0.39 is 0 Å². The van der Waals surface area contributed by atoms with Gasteiger partial charge < -0.3 is 10.2 Å². The lowest BCUT2D eigenvalue weighted by Crippen LogP contribution is -2.33. The SMILES string of the molecule is CN(C)C(=O)CNCCc1cnn(C)c1. The van der Waals surface area contributed by atoms with Crippen LogP contribution in [-0.4, -0.2) is 47.8 Å². The standard InChI is InChI=1S/C10H18N4O/c1-13(2)10(15)7-11-5-4-9-6-12-14(3)8-9/h6,8,11H,4-5,7H2,1-3H3. The van der Waals surface area contributed by atoms with Gasteiger partial charge in [0.15, 0.2) is 0 Å². The summed E-state index contributed by atoms with van der Waals surface area (Å²) in [4.78, 5) is 12.8. The predicted molar refractivity (Wildman–Crippen MR) is 58.5 cm³/mol. The van der Waals surface area contributed by atoms with Gasteiger partial charge in [-0.2, -0.15) is 5.10 Å². The summed E-state index contributed by atoms with van der Waals surface area (Å²) in [5, 5.41) is 7.17. The van der Waals surface area contributed by atoms with E-state index in [1.165, 1.54) is 5.56 Å². The van der Waals surface area contributed by atoms with Gasteiger partial charge in [-0.1, -0.05) is 0 Å². The zero-order valence-corrected chi connectivity index (χ0v) is 9.53. The van der Waals surface area contributed by atoms with E-state index in [9.17, 15) is 4.79 Å². The fraction of sp³-hybridized carbons (Fsp3) is 0.600. The molecule has 0 aliphatic rings. The molecule has 0 fully saturated rings. The number of nitrogens with one attached hydrogen (secondary N) is 1. The number of nitrogens with zero attached hydrogens (tertiary/aromatic N) is 3. The second-order valence-corrected chi connectivity index (χ2v) is 3.74. The Labute approximate surface area is 90.1 Å². The van der Waals surface area contributed by atoms with Crippen molar-refractivity contribution in [3.8, 4) is 0 Å². The Morgan fingerprint density at radius 3 is 2.87 bits per heavy atom. The van der Waals surface area contributed by atoms with Crippen LogP contribution in [0.5, 0.6) is 0 Å². The molecule has 1 aromatic heterocycles. The van der Waals surface area contributed by atoms with Crippen molar-refractivity contribution in [2.24, 2.45) is 7.05 Å². The van der Waals surface area contributed by atoms with Crippen molar-refractivity contribution in [3.05, 3.63) is 18.0 Å². The summed E-state index contributed by atoms with van der Waals surface area (Å²) in [6.07, 6.45) is 4.72. The minimum atomic E-state index is 0.0983. The van der Waals surface area contributed by atoms with Crippen LogP contribution in [0, 0.1) is 0 Å². The highest BCUT2D eigenvalue weighted by atomic mass is 16.2. The van der Waals surface area contributed by atoms with E-state index in [0.717, 1.165) is 13.0 Å². The second kappa shape index (κ2) is 5.50. The number of carbonyl (C=O) groups excluding carboxylic acids is 1. The third-order valence-electron chi connectivity index (χ3n) is 2.12. The van der Waals surface area contributed by atoms with Crippen LogP contribution in [-0.2, 0) is 18.3 Å². The highest BCUT2D eigenvalue weighted by molar-refractivity contribution is 5.77. The number of rotatable bonds is 5. The predicted octanol–water partition coefficient (Wildman–Crippen LogP) is -0.360. The van der Waals surface area contributed by atoms with E-state index in [4.69, 9.17) is 0 Å². The summed E-state index contributed by atoms with van der Waals surface area (Å²) >= 11 is 0. The van der Waals surface area contributed by atoms with Crippen LogP contribution in [0.3, 0.4) is 0 Å². The van der Waals surface area contributed by atoms with Crippen LogP contribution in [0.4, 0.5) is 0 Å². The van der Waals surface area contributed by atoms with E-state index in [1.54, 1.807) is 23.7 Å². The lowest BCUT2D eigenvalue weighted by molar-refractivity contribution is -0.127. The highest BCUT2D eigenvalue weighted by Gasteiger charge is 2.02. The molecular formula is C10H18N4O. The van der Waals surface area contributed by atoms with Gasteiger partial charge >= 0.3 is 0 Å². The first-order valence-corrected chi connectivity index (χ1v) is 4.98. The fourth-order valence-electron chi connectivity index (χ4n) is 1.19. The maximum Gasteiger partial charge on any atom is 0.236 e. The first-order chi connectivity index (χ1) is 7.09. The van der Waals surface area contributed by atoms with Crippen molar-refractivity contribution in [2.45, 2.75) is 6.42 Å². The Kier molecular flexibility index (Phi) is 4.30. The van der Waals surface area contributed by atoms with Gasteiger partial charge in [-0.25, -0.2) is 0 Å². The van der Waals surface area contributed by atoms with Crippen molar-refractivity contribution in [2.75, 3.05) is 27.2 Å². The fourth-order valence-corrected chi connectivity index (χ4v) is 1.19. The van der Waals surface area contributed by atoms with Crippen molar-refractivity contribution in [1.29, 1.82) is 0 Å². The molecule has 0 atom stereocenters. The largest absolute Gasteiger partial charge is 0.348 e. The normalized spacial score (nSPS) is 10.3. The van der Waals surface area contributed by atoms with Gasteiger partial charge in [0.05, 0.1) is 12.7 Å². The van der Waals surface area contributed by atoms with Crippen LogP contribution in [0.15, 0.2) is 12.4 Å². The molecule has 0 spiro atoms. The average molecular weight is 210 g/mol. The summed E-state index contributed by atoms with van der Waals surface area (Å²) in [5.41, 5.74) is 1.18. The van der Waals surface area contributed by atoms with Crippen molar-refractivity contribution in [3.63, 3.8) is 0 Å². The molecule has 15 heavy (non-hydrogen) atoms. The molecular weight excluding hydrogens is 192 g/mol. The number of amides is 1. The second-order valence-electron chi connectivity index (χ2n) is 3.74. The summed E-state index contributed by atoms with van der Waals surface area (Å²) in [7, 11) is 5.41. The molecule has 1 amide bonds. The molecule has 1 aromatic rings. The smallest absolute Gasteiger partial charge is 0.236 e. The van der Waals surface area contributed by atoms with Gasteiger partial charge in [-0.3, -0.25) is 9.48 Å². The van der Waals surface area contributed by atoms with Crippen molar-refractivity contribution >= 4 is 5.91 Å². The van der Waals surface area contributed by atoms with Crippen LogP contribution < -0.4 is 5.32 Å². The third-order valence-corrected chi connectivity index (χ3v) is 2.12. The first-order valence-electron chi connectivity index (χ1n) is 4.98. The quantitative estimate of drug-likeness (QED) is 0.675. The van der Waals surface area contributed by atoms with Crippen LogP contribution in [0.25, 0.3) is 0 Å². The summed E-state index contributed by atoms with van der Waals surface area (Å²) in [5.74, 6) is 0.0983. The van der Waals surface area contributed by atoms with Gasteiger partial charge in [0.1, 0.15) is 0 Å². The number of hydrogen-bond donors (Lipinski definition) is 1. The van der Waals surface area contributed by atoms with E-state index in [-0.39, 0.29) is 5.91 Å². The highest BCUT2D eigenvalue weighted by Crippen LogP contribution is 1.95. The molecule has 0 unspecified atom stereocenters. The number of aromatic nitrogens is 2. The molecule has 0 aromatic carbocycles. The lowest BCUT2D eigenvalue weighted by Gasteiger charge is -2.10. The van der Waals surface area contributed by atoms with Gasteiger partial charge in [0.2, 0.25) is 5.91 Å². The molecule has 5 heteroatoms. The maximum atomic E-state index is 11.2. The minimum absolute atomic E-state index is 0.0983. The Hall–Kier alpha value is -1.36. The Morgan fingerprint density at radius 1 is 1.60 bits per heavy atom. The summed E-state index contributed by atoms with van der Waals surface area (Å²) < 4.78 is 1.78. The van der Waals surface area contributed by atoms with Gasteiger partial charge in [0.25, 0.3) is 0 Å². The Bertz CT molecular complexity index is 319. The first kappa shape index (κ1) is 11.7. The van der Waals surface area contributed by atoms with E-state index in [1.807, 2.05) is 19.4 Å². The molecule has 84 valence electrons. The number of likely N-dealkylation sites (N-methyl/N-ethyl adjacent to an activating group) is 1. The lowest BCUT2D eigenvalue weighted by atomic mass is 10.2. The molecule has 0 aliphatic heterocycles. The van der Waals surface area contributed by atoms with Crippen LogP contribution >= 0.6 is 0 Å². The molecule has 0 saturated carbocycles. The molecule has 0 radical (unpaired) electrons. The van der Waals surface area contributed by atoms with Crippen LogP contribution in [0.2, 0.25) is 0 Å². The minimum Gasteiger partial charge on any atom is -0.348 e. The molecule has 0 aliphatic carbocycles. The van der Waals surface area contributed by atoms with E-state index in [2.05, 4.69) is 10.4 Å². The van der Waals surface area contributed by atoms with Gasteiger partial charge in [0, 0.05) is 27.3 Å². The van der Waals surface area contributed by atoms with E-state index >= 15 is 0 Å². The number of carbonyl (C=O) groups is 1. The summed E-state index contributed by atoms with van der Waals surface area (Å²) in [6, 6.07) is 0. The van der Waals surface area contributed by atoms with Gasteiger partial charge in [-0.15, -0.1) is 0 Å². The van der Waals surface area contributed by atoms with E-state index in [0.29, 0.717) is 6.54 Å². The molecule has 1 heterocycles.